The molecule has 2 amide bonds. The van der Waals surface area contributed by atoms with Crippen molar-refractivity contribution in [1.29, 1.82) is 0 Å². The molecule has 4 N–H and O–H groups in total. The van der Waals surface area contributed by atoms with Gasteiger partial charge in [-0.05, 0) is 6.42 Å². The number of aliphatic carboxylic acids is 1. The van der Waals surface area contributed by atoms with Crippen molar-refractivity contribution in [1.82, 2.24) is 10.2 Å². The standard InChI is InChI=1S/C11H20N2O7/c1-20-9(16)3-2-8(10(17)18)12-11(19)13(4-6-14)5-7-15/h8,14-15H,2-7H2,1H3,(H,12,19)(H,17,18)/t8-/m1/s1. The molecule has 20 heavy (non-hydrogen) atoms. The van der Waals surface area contributed by atoms with Crippen LogP contribution in [0, 0.1) is 0 Å². The summed E-state index contributed by atoms with van der Waals surface area (Å²) in [5.74, 6) is -1.86. The molecule has 0 aromatic rings. The van der Waals surface area contributed by atoms with E-state index < -0.39 is 24.0 Å². The zero-order valence-electron chi connectivity index (χ0n) is 11.2. The van der Waals surface area contributed by atoms with Gasteiger partial charge in [0, 0.05) is 19.5 Å². The number of carboxylic acids is 1. The lowest BCUT2D eigenvalue weighted by atomic mass is 10.1. The van der Waals surface area contributed by atoms with Gasteiger partial charge < -0.3 is 30.3 Å². The average Bonchev–Trinajstić information content (AvgIpc) is 2.42. The van der Waals surface area contributed by atoms with Gasteiger partial charge in [0.1, 0.15) is 6.04 Å². The molecule has 0 saturated heterocycles. The lowest BCUT2D eigenvalue weighted by molar-refractivity contribution is -0.142. The number of aliphatic hydroxyl groups excluding tert-OH is 2. The molecule has 0 rings (SSSR count). The van der Waals surface area contributed by atoms with Crippen molar-refractivity contribution in [3.63, 3.8) is 0 Å². The summed E-state index contributed by atoms with van der Waals surface area (Å²) < 4.78 is 4.39. The van der Waals surface area contributed by atoms with Gasteiger partial charge in [-0.25, -0.2) is 9.59 Å². The SMILES string of the molecule is COC(=O)CC[C@@H](NC(=O)N(CCO)CCO)C(=O)O. The Bertz CT molecular complexity index is 329. The third-order valence-electron chi connectivity index (χ3n) is 2.49. The van der Waals surface area contributed by atoms with Gasteiger partial charge in [0.25, 0.3) is 0 Å². The quantitative estimate of drug-likeness (QED) is 0.375. The first-order chi connectivity index (χ1) is 9.46. The molecule has 0 aromatic heterocycles. The number of carbonyl (C=O) groups is 3. The first-order valence-electron chi connectivity index (χ1n) is 6.03. The molecule has 9 nitrogen and oxygen atoms in total. The topological polar surface area (TPSA) is 136 Å². The van der Waals surface area contributed by atoms with Crippen molar-refractivity contribution < 1.29 is 34.4 Å². The number of carboxylic acid groups (broad SMARTS) is 1. The number of hydrogen-bond donors (Lipinski definition) is 4. The highest BCUT2D eigenvalue weighted by atomic mass is 16.5. The summed E-state index contributed by atoms with van der Waals surface area (Å²) >= 11 is 0. The fraction of sp³-hybridized carbons (Fsp3) is 0.727. The van der Waals surface area contributed by atoms with Crippen LogP contribution in [0.2, 0.25) is 0 Å². The highest BCUT2D eigenvalue weighted by Crippen LogP contribution is 2.01. The molecule has 0 aliphatic heterocycles. The van der Waals surface area contributed by atoms with Crippen molar-refractivity contribution in [3.05, 3.63) is 0 Å². The summed E-state index contributed by atoms with van der Waals surface area (Å²) in [5.41, 5.74) is 0. The van der Waals surface area contributed by atoms with Crippen molar-refractivity contribution >= 4 is 18.0 Å². The molecule has 0 spiro atoms. The number of hydrogen-bond acceptors (Lipinski definition) is 6. The lowest BCUT2D eigenvalue weighted by Crippen LogP contribution is -2.49. The number of rotatable bonds is 9. The molecular formula is C11H20N2O7. The summed E-state index contributed by atoms with van der Waals surface area (Å²) in [6.07, 6.45) is -0.256. The molecule has 0 aliphatic carbocycles. The number of esters is 1. The predicted molar refractivity (Wildman–Crippen MR) is 67.0 cm³/mol. The Balaban J connectivity index is 4.51. The van der Waals surface area contributed by atoms with Gasteiger partial charge in [-0.2, -0.15) is 0 Å². The van der Waals surface area contributed by atoms with E-state index in [-0.39, 0.29) is 39.1 Å². The van der Waals surface area contributed by atoms with Gasteiger partial charge >= 0.3 is 18.0 Å². The fourth-order valence-electron chi connectivity index (χ4n) is 1.42. The van der Waals surface area contributed by atoms with E-state index in [1.807, 2.05) is 0 Å². The number of urea groups is 1. The average molecular weight is 292 g/mol. The van der Waals surface area contributed by atoms with Gasteiger partial charge in [0.2, 0.25) is 0 Å². The van der Waals surface area contributed by atoms with Gasteiger partial charge in [-0.15, -0.1) is 0 Å². The van der Waals surface area contributed by atoms with Crippen LogP contribution in [-0.4, -0.2) is 77.6 Å². The molecule has 0 heterocycles. The van der Waals surface area contributed by atoms with Crippen LogP contribution in [0.25, 0.3) is 0 Å². The second-order valence-corrected chi connectivity index (χ2v) is 3.89. The molecule has 1 atom stereocenters. The number of methoxy groups -OCH3 is 1. The maximum absolute atomic E-state index is 11.8. The molecule has 0 radical (unpaired) electrons. The molecule has 116 valence electrons. The van der Waals surface area contributed by atoms with Gasteiger partial charge in [0.15, 0.2) is 0 Å². The molecular weight excluding hydrogens is 272 g/mol. The van der Waals surface area contributed by atoms with Crippen LogP contribution in [0.3, 0.4) is 0 Å². The molecule has 9 heteroatoms. The van der Waals surface area contributed by atoms with Crippen LogP contribution in [0.15, 0.2) is 0 Å². The van der Waals surface area contributed by atoms with E-state index >= 15 is 0 Å². The van der Waals surface area contributed by atoms with Crippen LogP contribution in [0.1, 0.15) is 12.8 Å². The Labute approximate surface area is 116 Å². The summed E-state index contributed by atoms with van der Waals surface area (Å²) in [7, 11) is 1.18. The largest absolute Gasteiger partial charge is 0.480 e. The third-order valence-corrected chi connectivity index (χ3v) is 2.49. The van der Waals surface area contributed by atoms with Gasteiger partial charge in [-0.1, -0.05) is 0 Å². The number of carbonyl (C=O) groups excluding carboxylic acids is 2. The zero-order valence-corrected chi connectivity index (χ0v) is 11.2. The maximum Gasteiger partial charge on any atom is 0.326 e. The minimum Gasteiger partial charge on any atom is -0.480 e. The number of ether oxygens (including phenoxy) is 1. The van der Waals surface area contributed by atoms with E-state index in [1.165, 1.54) is 7.11 Å². The normalized spacial score (nSPS) is 11.6. The van der Waals surface area contributed by atoms with E-state index in [2.05, 4.69) is 10.1 Å². The van der Waals surface area contributed by atoms with Crippen LogP contribution >= 0.6 is 0 Å². The number of aliphatic hydroxyl groups is 2. The predicted octanol–water partition coefficient (Wildman–Crippen LogP) is -1.61. The lowest BCUT2D eigenvalue weighted by Gasteiger charge is -2.23. The highest BCUT2D eigenvalue weighted by molar-refractivity contribution is 5.83. The van der Waals surface area contributed by atoms with Crippen molar-refractivity contribution in [2.75, 3.05) is 33.4 Å². The highest BCUT2D eigenvalue weighted by Gasteiger charge is 2.23. The maximum atomic E-state index is 11.8. The van der Waals surface area contributed by atoms with Crippen LogP contribution in [0.5, 0.6) is 0 Å². The second kappa shape index (κ2) is 9.98. The van der Waals surface area contributed by atoms with E-state index in [0.29, 0.717) is 0 Å². The van der Waals surface area contributed by atoms with E-state index in [1.54, 1.807) is 0 Å². The Kier molecular flexibility index (Phi) is 9.05. The minimum absolute atomic E-state index is 0.0320. The molecule has 0 aliphatic rings. The van der Waals surface area contributed by atoms with Crippen LogP contribution < -0.4 is 5.32 Å². The van der Waals surface area contributed by atoms with Crippen LogP contribution in [0.4, 0.5) is 4.79 Å². The summed E-state index contributed by atoms with van der Waals surface area (Å²) in [6.45, 7) is -0.688. The van der Waals surface area contributed by atoms with Crippen molar-refractivity contribution in [2.24, 2.45) is 0 Å². The minimum atomic E-state index is -1.28. The summed E-state index contributed by atoms with van der Waals surface area (Å²) in [4.78, 5) is 34.8. The summed E-state index contributed by atoms with van der Waals surface area (Å²) in [6, 6.07) is -1.98. The number of nitrogens with zero attached hydrogens (tertiary/aromatic N) is 1. The van der Waals surface area contributed by atoms with Crippen LogP contribution in [-0.2, 0) is 14.3 Å². The molecule has 0 aromatic carbocycles. The van der Waals surface area contributed by atoms with Crippen molar-refractivity contribution in [3.8, 4) is 0 Å². The molecule has 0 fully saturated rings. The first-order valence-corrected chi connectivity index (χ1v) is 6.03. The second-order valence-electron chi connectivity index (χ2n) is 3.89. The Morgan fingerprint density at radius 1 is 1.20 bits per heavy atom. The zero-order chi connectivity index (χ0) is 15.5. The smallest absolute Gasteiger partial charge is 0.326 e. The van der Waals surface area contributed by atoms with E-state index in [4.69, 9.17) is 15.3 Å². The van der Waals surface area contributed by atoms with Gasteiger partial charge in [-0.3, -0.25) is 4.79 Å². The van der Waals surface area contributed by atoms with Crippen molar-refractivity contribution in [2.45, 2.75) is 18.9 Å². The summed E-state index contributed by atoms with van der Waals surface area (Å²) in [5, 5.41) is 28.8. The van der Waals surface area contributed by atoms with E-state index in [9.17, 15) is 14.4 Å². The number of nitrogens with one attached hydrogen (secondary N) is 1. The monoisotopic (exact) mass is 292 g/mol. The van der Waals surface area contributed by atoms with E-state index in [0.717, 1.165) is 4.90 Å². The molecule has 0 bridgehead atoms. The number of amides is 2. The molecule has 0 unspecified atom stereocenters. The Morgan fingerprint density at radius 3 is 2.15 bits per heavy atom. The fourth-order valence-corrected chi connectivity index (χ4v) is 1.42. The third kappa shape index (κ3) is 6.90. The van der Waals surface area contributed by atoms with Gasteiger partial charge in [0.05, 0.1) is 20.3 Å². The molecule has 0 saturated carbocycles. The Hall–Kier alpha value is -1.87. The Morgan fingerprint density at radius 2 is 1.75 bits per heavy atom. The first kappa shape index (κ1) is 18.1.